The van der Waals surface area contributed by atoms with Gasteiger partial charge in [-0.25, -0.2) is 4.79 Å². The van der Waals surface area contributed by atoms with Gasteiger partial charge in [0, 0.05) is 17.1 Å². The third-order valence-corrected chi connectivity index (χ3v) is 4.41. The summed E-state index contributed by atoms with van der Waals surface area (Å²) in [5, 5.41) is 10.3. The smallest absolute Gasteiger partial charge is 0.479 e. The summed E-state index contributed by atoms with van der Waals surface area (Å²) in [7, 11) is -2.90. The third kappa shape index (κ3) is 2.82. The number of carboxylic acid groups (broad SMARTS) is 1. The summed E-state index contributed by atoms with van der Waals surface area (Å²) >= 11 is 0. The van der Waals surface area contributed by atoms with Crippen LogP contribution in [0.25, 0.3) is 10.9 Å². The van der Waals surface area contributed by atoms with Crippen LogP contribution in [0.5, 0.6) is 0 Å². The number of nitrogens with one attached hydrogen (secondary N) is 1. The maximum absolute atomic E-state index is 12.0. The van der Waals surface area contributed by atoms with Crippen molar-refractivity contribution >= 4 is 30.7 Å². The van der Waals surface area contributed by atoms with E-state index in [-0.39, 0.29) is 0 Å². The molecular formula is C16H14N2O4P+. The average molecular weight is 329 g/mol. The highest BCUT2D eigenvalue weighted by atomic mass is 31.1. The van der Waals surface area contributed by atoms with Gasteiger partial charge >= 0.3 is 14.1 Å². The molecule has 23 heavy (non-hydrogen) atoms. The highest BCUT2D eigenvalue weighted by molar-refractivity contribution is 7.40. The number of H-pyrrole nitrogens is 1. The van der Waals surface area contributed by atoms with Crippen molar-refractivity contribution in [3.05, 3.63) is 66.4 Å². The van der Waals surface area contributed by atoms with E-state index in [9.17, 15) is 19.4 Å². The molecule has 1 aromatic heterocycles. The van der Waals surface area contributed by atoms with Crippen LogP contribution in [0.2, 0.25) is 0 Å². The fourth-order valence-electron chi connectivity index (χ4n) is 2.62. The molecule has 0 radical (unpaired) electrons. The van der Waals surface area contributed by atoms with E-state index in [1.165, 1.54) is 0 Å². The molecule has 2 aromatic carbocycles. The summed E-state index contributed by atoms with van der Waals surface area (Å²) in [6.07, 6.45) is 1.70. The number of hydrogen-bond donors (Lipinski definition) is 3. The molecule has 3 aromatic rings. The number of carboxylic acids is 1. The van der Waals surface area contributed by atoms with Crippen LogP contribution in [0.3, 0.4) is 0 Å². The molecule has 0 aliphatic heterocycles. The second kappa shape index (κ2) is 6.20. The summed E-state index contributed by atoms with van der Waals surface area (Å²) in [6, 6.07) is 14.1. The lowest BCUT2D eigenvalue weighted by Crippen LogP contribution is -2.28. The molecule has 0 aliphatic carbocycles. The van der Waals surface area contributed by atoms with Crippen LogP contribution in [-0.2, 0) is 9.36 Å². The number of anilines is 1. The van der Waals surface area contributed by atoms with Gasteiger partial charge in [-0.2, -0.15) is 0 Å². The Bertz CT molecular complexity index is 863. The lowest BCUT2D eigenvalue weighted by molar-refractivity contribution is -0.138. The van der Waals surface area contributed by atoms with E-state index in [0.29, 0.717) is 16.6 Å². The number of carbonyl (C=O) groups is 1. The van der Waals surface area contributed by atoms with Gasteiger partial charge in [0.05, 0.1) is 5.69 Å². The second-order valence-corrected chi connectivity index (χ2v) is 5.90. The van der Waals surface area contributed by atoms with Crippen molar-refractivity contribution in [2.24, 2.45) is 0 Å². The standard InChI is InChI=1S/C16H13N2O4P/c19-16(20)15(11-5-2-1-3-6-11)18(23(21)22)14-8-4-7-13-12(14)9-10-17-13/h1-10,15,17H,(H-,19,20,21,22)/p+1. The van der Waals surface area contributed by atoms with Gasteiger partial charge < -0.3 is 10.1 Å². The van der Waals surface area contributed by atoms with Crippen molar-refractivity contribution < 1.29 is 19.4 Å². The summed E-state index contributed by atoms with van der Waals surface area (Å²) < 4.78 is 13.0. The monoisotopic (exact) mass is 329 g/mol. The van der Waals surface area contributed by atoms with Gasteiger partial charge in [-0.1, -0.05) is 36.4 Å². The van der Waals surface area contributed by atoms with Crippen molar-refractivity contribution in [3.63, 3.8) is 0 Å². The summed E-state index contributed by atoms with van der Waals surface area (Å²) in [5.41, 5.74) is 1.59. The van der Waals surface area contributed by atoms with Gasteiger partial charge in [0.15, 0.2) is 6.04 Å². The molecule has 0 saturated carbocycles. The Morgan fingerprint density at radius 1 is 1.09 bits per heavy atom. The molecule has 0 spiro atoms. The van der Waals surface area contributed by atoms with Crippen molar-refractivity contribution in [1.29, 1.82) is 0 Å². The third-order valence-electron chi connectivity index (χ3n) is 3.60. The van der Waals surface area contributed by atoms with Crippen molar-refractivity contribution in [1.82, 2.24) is 4.98 Å². The first kappa shape index (κ1) is 15.2. The van der Waals surface area contributed by atoms with Crippen LogP contribution in [0.4, 0.5) is 5.69 Å². The van der Waals surface area contributed by atoms with E-state index in [2.05, 4.69) is 4.98 Å². The molecule has 0 fully saturated rings. The highest BCUT2D eigenvalue weighted by Gasteiger charge is 2.41. The minimum Gasteiger partial charge on any atom is -0.479 e. The lowest BCUT2D eigenvalue weighted by Gasteiger charge is -2.20. The summed E-state index contributed by atoms with van der Waals surface area (Å²) in [6.45, 7) is 0. The SMILES string of the molecule is O=C(O)C(c1ccccc1)N(c1cccc2[nH]ccc12)[P+](=O)O. The molecule has 0 amide bonds. The van der Waals surface area contributed by atoms with Crippen molar-refractivity contribution in [3.8, 4) is 0 Å². The van der Waals surface area contributed by atoms with E-state index >= 15 is 0 Å². The van der Waals surface area contributed by atoms with Gasteiger partial charge in [-0.05, 0) is 28.3 Å². The molecule has 1 heterocycles. The molecule has 116 valence electrons. The van der Waals surface area contributed by atoms with Crippen molar-refractivity contribution in [2.75, 3.05) is 4.67 Å². The Morgan fingerprint density at radius 3 is 2.48 bits per heavy atom. The lowest BCUT2D eigenvalue weighted by atomic mass is 10.1. The first-order valence-electron chi connectivity index (χ1n) is 6.88. The van der Waals surface area contributed by atoms with Crippen LogP contribution >= 0.6 is 8.18 Å². The molecule has 3 N–H and O–H groups in total. The predicted octanol–water partition coefficient (Wildman–Crippen LogP) is 3.45. The number of aromatic amines is 1. The van der Waals surface area contributed by atoms with E-state index in [0.717, 1.165) is 10.2 Å². The minimum atomic E-state index is -2.90. The number of rotatable bonds is 5. The average Bonchev–Trinajstić information content (AvgIpc) is 3.01. The number of fused-ring (bicyclic) bond motifs is 1. The van der Waals surface area contributed by atoms with Crippen LogP contribution in [0.15, 0.2) is 60.8 Å². The zero-order valence-corrected chi connectivity index (χ0v) is 12.9. The number of aliphatic carboxylic acids is 1. The van der Waals surface area contributed by atoms with Gasteiger partial charge in [0.1, 0.15) is 0 Å². The van der Waals surface area contributed by atoms with Crippen LogP contribution in [-0.4, -0.2) is 21.0 Å². The topological polar surface area (TPSA) is 93.6 Å². The van der Waals surface area contributed by atoms with Gasteiger partial charge in [-0.15, -0.1) is 9.56 Å². The molecule has 3 rings (SSSR count). The molecule has 0 saturated heterocycles. The Morgan fingerprint density at radius 2 is 1.83 bits per heavy atom. The van der Waals surface area contributed by atoms with Gasteiger partial charge in [0.2, 0.25) is 0 Å². The Hall–Kier alpha value is -2.69. The van der Waals surface area contributed by atoms with Gasteiger partial charge in [-0.3, -0.25) is 0 Å². The minimum absolute atomic E-state index is 0.392. The van der Waals surface area contributed by atoms with E-state index < -0.39 is 20.2 Å². The Kier molecular flexibility index (Phi) is 4.10. The zero-order chi connectivity index (χ0) is 16.4. The van der Waals surface area contributed by atoms with E-state index in [1.54, 1.807) is 54.7 Å². The Balaban J connectivity index is 2.19. The largest absolute Gasteiger partial charge is 0.644 e. The van der Waals surface area contributed by atoms with Crippen LogP contribution in [0, 0.1) is 0 Å². The van der Waals surface area contributed by atoms with E-state index in [1.807, 2.05) is 6.07 Å². The van der Waals surface area contributed by atoms with Crippen molar-refractivity contribution in [2.45, 2.75) is 6.04 Å². The number of hydrogen-bond acceptors (Lipinski definition) is 2. The number of benzene rings is 2. The van der Waals surface area contributed by atoms with E-state index in [4.69, 9.17) is 0 Å². The van der Waals surface area contributed by atoms with Crippen LogP contribution in [0.1, 0.15) is 11.6 Å². The second-order valence-electron chi connectivity index (χ2n) is 4.96. The van der Waals surface area contributed by atoms with Crippen LogP contribution < -0.4 is 4.67 Å². The first-order chi connectivity index (χ1) is 11.1. The summed E-state index contributed by atoms with van der Waals surface area (Å²) in [5.74, 6) is -1.19. The normalized spacial score (nSPS) is 12.8. The first-order valence-corrected chi connectivity index (χ1v) is 8.05. The molecule has 2 atom stereocenters. The molecular weight excluding hydrogens is 315 g/mol. The fourth-order valence-corrected chi connectivity index (χ4v) is 3.41. The quantitative estimate of drug-likeness (QED) is 0.623. The molecule has 7 heteroatoms. The zero-order valence-electron chi connectivity index (χ0n) is 12.0. The molecule has 0 bridgehead atoms. The molecule has 6 nitrogen and oxygen atoms in total. The summed E-state index contributed by atoms with van der Waals surface area (Å²) in [4.78, 5) is 24.6. The molecule has 0 aliphatic rings. The maximum atomic E-state index is 12.0. The fraction of sp³-hybridized carbons (Fsp3) is 0.0625. The maximum Gasteiger partial charge on any atom is 0.644 e. The molecule has 2 unspecified atom stereocenters. The van der Waals surface area contributed by atoms with Gasteiger partial charge in [0.25, 0.3) is 0 Å². The number of aromatic nitrogens is 1. The number of nitrogens with zero attached hydrogens (tertiary/aromatic N) is 1. The Labute approximate surface area is 132 Å². The predicted molar refractivity (Wildman–Crippen MR) is 87.4 cm³/mol. The highest BCUT2D eigenvalue weighted by Crippen LogP contribution is 2.42.